The SMILES string of the molecule is CC(=O)Cc1ccc(C)cc1.C[C@H](N)c1ccccc1.Cc1ccc(CC(C)(C#N)N[C@@H](C)c2ccccc2)cc1.Cl.[C-]#N.[Na+]. The van der Waals surface area contributed by atoms with Gasteiger partial charge in [-0.25, -0.2) is 0 Å². The van der Waals surface area contributed by atoms with Crippen molar-refractivity contribution in [1.29, 1.82) is 10.5 Å². The zero-order chi connectivity index (χ0) is 32.3. The number of rotatable bonds is 8. The van der Waals surface area contributed by atoms with E-state index >= 15 is 0 Å². The van der Waals surface area contributed by atoms with E-state index < -0.39 is 5.54 Å². The van der Waals surface area contributed by atoms with Gasteiger partial charge < -0.3 is 17.6 Å². The molecule has 0 aromatic heterocycles. The third-order valence-corrected chi connectivity index (χ3v) is 6.66. The first-order valence-electron chi connectivity index (χ1n) is 14.4. The van der Waals surface area contributed by atoms with Crippen LogP contribution in [0, 0.1) is 37.0 Å². The van der Waals surface area contributed by atoms with Gasteiger partial charge in [-0.05, 0) is 63.8 Å². The van der Waals surface area contributed by atoms with Gasteiger partial charge in [0.25, 0.3) is 0 Å². The molecule has 4 aromatic carbocycles. The van der Waals surface area contributed by atoms with E-state index in [9.17, 15) is 10.1 Å². The van der Waals surface area contributed by atoms with Gasteiger partial charge in [0.15, 0.2) is 0 Å². The van der Waals surface area contributed by atoms with Crippen molar-refractivity contribution in [3.05, 3.63) is 149 Å². The number of aryl methyl sites for hydroxylation is 2. The summed E-state index contributed by atoms with van der Waals surface area (Å²) < 4.78 is 0. The second-order valence-corrected chi connectivity index (χ2v) is 10.9. The minimum Gasteiger partial charge on any atom is -0.512 e. The van der Waals surface area contributed by atoms with Crippen molar-refractivity contribution < 1.29 is 34.4 Å². The number of carbonyl (C=O) groups excluding carboxylic acids is 1. The van der Waals surface area contributed by atoms with Gasteiger partial charge >= 0.3 is 29.6 Å². The molecule has 7 heteroatoms. The standard InChI is InChI=1S/C19H22N2.C10H12O.C8H11N.CN.ClH.Na/c1-15-9-11-17(12-10-15)13-19(3,14-20)21-16(2)18-7-5-4-6-8-18;1-8-3-5-10(6-4-8)7-9(2)11;1-7(9)8-5-3-2-4-6-8;1-2;;/h4-12,16,21H,13H2,1-3H3;3-6H,7H2,1-2H3;2-7H,9H2,1H3;;1H;/q;;;-1;;+1/t16-,19?;;7-;;;/m0.0.../s1. The number of nitriles is 1. The van der Waals surface area contributed by atoms with E-state index in [1.807, 2.05) is 93.6 Å². The van der Waals surface area contributed by atoms with E-state index in [4.69, 9.17) is 17.6 Å². The molecule has 232 valence electrons. The Morgan fingerprint density at radius 2 is 1.20 bits per heavy atom. The molecular formula is C38H46ClN4NaO. The van der Waals surface area contributed by atoms with Crippen LogP contribution in [-0.2, 0) is 17.6 Å². The van der Waals surface area contributed by atoms with E-state index in [2.05, 4.69) is 61.6 Å². The number of hydrogen-bond donors (Lipinski definition) is 2. The molecule has 0 aliphatic carbocycles. The van der Waals surface area contributed by atoms with Crippen molar-refractivity contribution in [3.63, 3.8) is 0 Å². The number of benzene rings is 4. The average Bonchev–Trinajstić information content (AvgIpc) is 3.02. The Labute approximate surface area is 299 Å². The maximum atomic E-state index is 10.7. The molecule has 4 aromatic rings. The van der Waals surface area contributed by atoms with Crippen LogP contribution in [0.4, 0.5) is 0 Å². The van der Waals surface area contributed by atoms with Crippen LogP contribution in [0.1, 0.15) is 73.2 Å². The van der Waals surface area contributed by atoms with Crippen molar-refractivity contribution in [2.24, 2.45) is 5.73 Å². The van der Waals surface area contributed by atoms with E-state index in [1.54, 1.807) is 6.92 Å². The van der Waals surface area contributed by atoms with Crippen LogP contribution in [0.2, 0.25) is 0 Å². The maximum Gasteiger partial charge on any atom is 1.00 e. The summed E-state index contributed by atoms with van der Waals surface area (Å²) in [5.41, 5.74) is 12.2. The van der Waals surface area contributed by atoms with E-state index in [1.165, 1.54) is 27.8 Å². The second-order valence-electron chi connectivity index (χ2n) is 10.9. The fourth-order valence-electron chi connectivity index (χ4n) is 4.29. The van der Waals surface area contributed by atoms with Gasteiger partial charge in [-0.1, -0.05) is 120 Å². The van der Waals surface area contributed by atoms with Gasteiger partial charge in [0, 0.05) is 24.9 Å². The molecule has 5 nitrogen and oxygen atoms in total. The topological polar surface area (TPSA) is 103 Å². The summed E-state index contributed by atoms with van der Waals surface area (Å²) in [4.78, 5) is 10.7. The molecule has 0 aliphatic heterocycles. The van der Waals surface area contributed by atoms with Crippen LogP contribution in [-0.4, -0.2) is 11.3 Å². The van der Waals surface area contributed by atoms with Gasteiger partial charge in [-0.15, -0.1) is 12.4 Å². The summed E-state index contributed by atoms with van der Waals surface area (Å²) in [6.45, 7) is 16.5. The molecule has 0 saturated carbocycles. The second kappa shape index (κ2) is 24.0. The number of halogens is 1. The van der Waals surface area contributed by atoms with Gasteiger partial charge in [0.05, 0.1) is 6.07 Å². The number of Topliss-reactive ketones (excluding diaryl/α,β-unsaturated/α-hetero) is 1. The normalized spacial score (nSPS) is 12.0. The molecule has 0 saturated heterocycles. The average molecular weight is 633 g/mol. The molecule has 45 heavy (non-hydrogen) atoms. The Bertz CT molecular complexity index is 1400. The first-order valence-corrected chi connectivity index (χ1v) is 14.4. The van der Waals surface area contributed by atoms with Crippen LogP contribution in [0.15, 0.2) is 109 Å². The molecule has 3 N–H and O–H groups in total. The van der Waals surface area contributed by atoms with E-state index in [0.717, 1.165) is 5.56 Å². The molecule has 0 spiro atoms. The minimum absolute atomic E-state index is 0. The van der Waals surface area contributed by atoms with Crippen LogP contribution in [0.25, 0.3) is 0 Å². The van der Waals surface area contributed by atoms with E-state index in [-0.39, 0.29) is 59.8 Å². The van der Waals surface area contributed by atoms with Crippen LogP contribution < -0.4 is 40.6 Å². The minimum atomic E-state index is -0.579. The number of carbonyl (C=O) groups is 1. The summed E-state index contributed by atoms with van der Waals surface area (Å²) in [6.07, 6.45) is 1.25. The van der Waals surface area contributed by atoms with Crippen LogP contribution >= 0.6 is 12.4 Å². The number of nitrogens with one attached hydrogen (secondary N) is 1. The zero-order valence-corrected chi connectivity index (χ0v) is 30.6. The number of ketones is 1. The molecule has 0 amide bonds. The Balaban J connectivity index is 0. The van der Waals surface area contributed by atoms with Crippen molar-refractivity contribution in [3.8, 4) is 6.07 Å². The smallest absolute Gasteiger partial charge is 0.512 e. The predicted octanol–water partition coefficient (Wildman–Crippen LogP) is 5.53. The maximum absolute atomic E-state index is 10.7. The summed E-state index contributed by atoms with van der Waals surface area (Å²) in [5.74, 6) is 0.217. The van der Waals surface area contributed by atoms with Crippen molar-refractivity contribution in [1.82, 2.24) is 5.32 Å². The molecule has 0 aliphatic rings. The molecule has 0 radical (unpaired) electrons. The molecule has 0 bridgehead atoms. The molecule has 0 fully saturated rings. The fraction of sp³-hybridized carbons (Fsp3) is 0.289. The van der Waals surface area contributed by atoms with Gasteiger partial charge in [-0.3, -0.25) is 10.1 Å². The number of hydrogen-bond acceptors (Lipinski definition) is 5. The molecule has 4 rings (SSSR count). The summed E-state index contributed by atoms with van der Waals surface area (Å²) in [5, 5.41) is 19.3. The first kappa shape index (κ1) is 43.9. The summed E-state index contributed by atoms with van der Waals surface area (Å²) in [6, 6.07) is 39.4. The van der Waals surface area contributed by atoms with Crippen molar-refractivity contribution in [2.75, 3.05) is 0 Å². The summed E-state index contributed by atoms with van der Waals surface area (Å²) in [7, 11) is 0. The third-order valence-electron chi connectivity index (χ3n) is 6.66. The fourth-order valence-corrected chi connectivity index (χ4v) is 4.29. The number of nitrogens with two attached hydrogens (primary N) is 1. The quantitative estimate of drug-likeness (QED) is 0.197. The Kier molecular flexibility index (Phi) is 23.4. The first-order chi connectivity index (χ1) is 20.5. The van der Waals surface area contributed by atoms with Crippen LogP contribution in [0.3, 0.4) is 0 Å². The molecular weight excluding hydrogens is 587 g/mol. The van der Waals surface area contributed by atoms with Gasteiger partial charge in [0.2, 0.25) is 0 Å². The summed E-state index contributed by atoms with van der Waals surface area (Å²) >= 11 is 0. The van der Waals surface area contributed by atoms with E-state index in [0.29, 0.717) is 12.8 Å². The predicted molar refractivity (Wildman–Crippen MR) is 184 cm³/mol. The number of nitrogens with zero attached hydrogens (tertiary/aromatic N) is 2. The Morgan fingerprint density at radius 1 is 0.800 bits per heavy atom. The Morgan fingerprint density at radius 3 is 1.56 bits per heavy atom. The van der Waals surface area contributed by atoms with Crippen LogP contribution in [0.5, 0.6) is 0 Å². The van der Waals surface area contributed by atoms with Crippen molar-refractivity contribution in [2.45, 2.75) is 72.0 Å². The Hall–Kier alpha value is -3.26. The van der Waals surface area contributed by atoms with Gasteiger partial charge in [0.1, 0.15) is 11.3 Å². The van der Waals surface area contributed by atoms with Crippen molar-refractivity contribution >= 4 is 18.2 Å². The largest absolute Gasteiger partial charge is 1.00 e. The van der Waals surface area contributed by atoms with Gasteiger partial charge in [-0.2, -0.15) is 5.26 Å². The third kappa shape index (κ3) is 18.3. The molecule has 0 heterocycles. The molecule has 3 atom stereocenters. The molecule has 1 unspecified atom stereocenters. The monoisotopic (exact) mass is 632 g/mol. The zero-order valence-electron chi connectivity index (χ0n) is 27.7.